The van der Waals surface area contributed by atoms with Crippen molar-refractivity contribution < 1.29 is 9.53 Å². The van der Waals surface area contributed by atoms with Gasteiger partial charge in [-0.15, -0.1) is 0 Å². The molecule has 2 aliphatic heterocycles. The van der Waals surface area contributed by atoms with Crippen molar-refractivity contribution in [3.05, 3.63) is 28.2 Å². The summed E-state index contributed by atoms with van der Waals surface area (Å²) in [5.41, 5.74) is 1.05. The number of nitrogens with zero attached hydrogens (tertiary/aromatic N) is 3. The SMILES string of the molecule is O=C(NC1CCC(CCN2CCN(c3cccc(Cl)c3Cl)CC2)CC1)N1CCOCC1. The lowest BCUT2D eigenvalue weighted by Gasteiger charge is -2.38. The minimum absolute atomic E-state index is 0.0874. The lowest BCUT2D eigenvalue weighted by atomic mass is 9.84. The second kappa shape index (κ2) is 11.1. The molecule has 1 saturated carbocycles. The first-order valence-electron chi connectivity index (χ1n) is 11.6. The van der Waals surface area contributed by atoms with Gasteiger partial charge in [-0.25, -0.2) is 4.79 Å². The Hall–Kier alpha value is -1.21. The number of carbonyl (C=O) groups excluding carboxylic acids is 1. The summed E-state index contributed by atoms with van der Waals surface area (Å²) in [6.07, 6.45) is 5.88. The van der Waals surface area contributed by atoms with Gasteiger partial charge in [-0.05, 0) is 56.7 Å². The van der Waals surface area contributed by atoms with Gasteiger partial charge in [0.15, 0.2) is 0 Å². The molecule has 0 radical (unpaired) electrons. The average molecular weight is 469 g/mol. The second-order valence-electron chi connectivity index (χ2n) is 8.96. The standard InChI is InChI=1S/C23H34Cl2N4O2/c24-20-2-1-3-21(22(20)25)28-12-10-27(11-13-28)9-8-18-4-6-19(7-5-18)26-23(30)29-14-16-31-17-15-29/h1-3,18-19H,4-17H2,(H,26,30). The Morgan fingerprint density at radius 1 is 1.00 bits per heavy atom. The second-order valence-corrected chi connectivity index (χ2v) is 9.74. The molecule has 0 bridgehead atoms. The quantitative estimate of drug-likeness (QED) is 0.706. The van der Waals surface area contributed by atoms with Crippen molar-refractivity contribution in [1.82, 2.24) is 15.1 Å². The summed E-state index contributed by atoms with van der Waals surface area (Å²) in [6.45, 7) is 7.98. The summed E-state index contributed by atoms with van der Waals surface area (Å²) in [6, 6.07) is 6.28. The van der Waals surface area contributed by atoms with Crippen LogP contribution in [0.15, 0.2) is 18.2 Å². The van der Waals surface area contributed by atoms with Crippen LogP contribution in [0.5, 0.6) is 0 Å². The van der Waals surface area contributed by atoms with E-state index in [1.54, 1.807) is 0 Å². The van der Waals surface area contributed by atoms with Crippen LogP contribution in [-0.4, -0.2) is 80.9 Å². The van der Waals surface area contributed by atoms with Crippen LogP contribution in [0.25, 0.3) is 0 Å². The molecule has 0 aromatic heterocycles. The van der Waals surface area contributed by atoms with Gasteiger partial charge in [0, 0.05) is 45.3 Å². The number of morpholine rings is 1. The Morgan fingerprint density at radius 2 is 1.71 bits per heavy atom. The number of urea groups is 1. The molecule has 1 aliphatic carbocycles. The average Bonchev–Trinajstić information content (AvgIpc) is 2.81. The van der Waals surface area contributed by atoms with Crippen molar-refractivity contribution in [2.45, 2.75) is 38.1 Å². The molecule has 1 aromatic carbocycles. The van der Waals surface area contributed by atoms with Crippen LogP contribution in [0.4, 0.5) is 10.5 Å². The molecular formula is C23H34Cl2N4O2. The highest BCUT2D eigenvalue weighted by atomic mass is 35.5. The highest BCUT2D eigenvalue weighted by Gasteiger charge is 2.26. The zero-order valence-corrected chi connectivity index (χ0v) is 19.7. The number of nitrogens with one attached hydrogen (secondary N) is 1. The summed E-state index contributed by atoms with van der Waals surface area (Å²) in [4.78, 5) is 19.2. The van der Waals surface area contributed by atoms with Gasteiger partial charge in [-0.2, -0.15) is 0 Å². The highest BCUT2D eigenvalue weighted by Crippen LogP contribution is 2.33. The number of benzene rings is 1. The van der Waals surface area contributed by atoms with E-state index in [1.165, 1.54) is 19.3 Å². The molecule has 0 atom stereocenters. The Morgan fingerprint density at radius 3 is 2.42 bits per heavy atom. The molecule has 1 N–H and O–H groups in total. The van der Waals surface area contributed by atoms with E-state index in [0.717, 1.165) is 57.2 Å². The Balaban J connectivity index is 1.13. The molecule has 2 heterocycles. The minimum atomic E-state index is 0.0874. The molecule has 31 heavy (non-hydrogen) atoms. The number of piperazine rings is 1. The molecule has 0 unspecified atom stereocenters. The first kappa shape index (κ1) is 23.0. The van der Waals surface area contributed by atoms with Gasteiger partial charge in [0.05, 0.1) is 28.9 Å². The fraction of sp³-hybridized carbons (Fsp3) is 0.696. The lowest BCUT2D eigenvalue weighted by Crippen LogP contribution is -2.50. The van der Waals surface area contributed by atoms with E-state index >= 15 is 0 Å². The number of hydrogen-bond acceptors (Lipinski definition) is 4. The molecule has 0 spiro atoms. The summed E-state index contributed by atoms with van der Waals surface area (Å²) in [5.74, 6) is 0.775. The maximum absolute atomic E-state index is 12.4. The molecule has 3 fully saturated rings. The van der Waals surface area contributed by atoms with E-state index in [2.05, 4.69) is 21.2 Å². The van der Waals surface area contributed by atoms with Crippen LogP contribution in [0.3, 0.4) is 0 Å². The van der Waals surface area contributed by atoms with Crippen LogP contribution in [0.1, 0.15) is 32.1 Å². The van der Waals surface area contributed by atoms with E-state index < -0.39 is 0 Å². The van der Waals surface area contributed by atoms with Gasteiger partial charge >= 0.3 is 6.03 Å². The van der Waals surface area contributed by atoms with Crippen molar-refractivity contribution in [3.8, 4) is 0 Å². The molecule has 2 amide bonds. The highest BCUT2D eigenvalue weighted by molar-refractivity contribution is 6.43. The van der Waals surface area contributed by atoms with Gasteiger partial charge in [0.25, 0.3) is 0 Å². The smallest absolute Gasteiger partial charge is 0.317 e. The Kier molecular flexibility index (Phi) is 8.21. The summed E-state index contributed by atoms with van der Waals surface area (Å²) >= 11 is 12.6. The first-order valence-corrected chi connectivity index (χ1v) is 12.4. The fourth-order valence-corrected chi connectivity index (χ4v) is 5.36. The predicted molar refractivity (Wildman–Crippen MR) is 126 cm³/mol. The predicted octanol–water partition coefficient (Wildman–Crippen LogP) is 4.11. The number of carbonyl (C=O) groups is 1. The lowest BCUT2D eigenvalue weighted by molar-refractivity contribution is 0.0519. The van der Waals surface area contributed by atoms with Crippen molar-refractivity contribution in [2.75, 3.05) is 63.9 Å². The van der Waals surface area contributed by atoms with Gasteiger partial charge in [-0.1, -0.05) is 29.3 Å². The monoisotopic (exact) mass is 468 g/mol. The first-order chi connectivity index (χ1) is 15.1. The zero-order chi connectivity index (χ0) is 21.6. The van der Waals surface area contributed by atoms with E-state index in [-0.39, 0.29) is 6.03 Å². The molecule has 6 nitrogen and oxygen atoms in total. The molecule has 2 saturated heterocycles. The third-order valence-electron chi connectivity index (χ3n) is 6.97. The number of rotatable bonds is 5. The summed E-state index contributed by atoms with van der Waals surface area (Å²) in [7, 11) is 0. The van der Waals surface area contributed by atoms with Crippen LogP contribution in [-0.2, 0) is 4.74 Å². The van der Waals surface area contributed by atoms with Crippen molar-refractivity contribution in [3.63, 3.8) is 0 Å². The van der Waals surface area contributed by atoms with Crippen molar-refractivity contribution in [1.29, 1.82) is 0 Å². The molecule has 4 rings (SSSR count). The minimum Gasteiger partial charge on any atom is -0.378 e. The van der Waals surface area contributed by atoms with Crippen LogP contribution in [0, 0.1) is 5.92 Å². The van der Waals surface area contributed by atoms with Gasteiger partial charge in [0.1, 0.15) is 0 Å². The normalized spacial score (nSPS) is 25.5. The summed E-state index contributed by atoms with van der Waals surface area (Å²) in [5, 5.41) is 4.52. The molecule has 8 heteroatoms. The van der Waals surface area contributed by atoms with E-state index in [0.29, 0.717) is 42.4 Å². The molecule has 1 aromatic rings. The molecular weight excluding hydrogens is 435 g/mol. The third kappa shape index (κ3) is 6.19. The van der Waals surface area contributed by atoms with Crippen molar-refractivity contribution in [2.24, 2.45) is 5.92 Å². The van der Waals surface area contributed by atoms with Crippen molar-refractivity contribution >= 4 is 34.9 Å². The van der Waals surface area contributed by atoms with Gasteiger partial charge in [0.2, 0.25) is 0 Å². The van der Waals surface area contributed by atoms with E-state index in [4.69, 9.17) is 27.9 Å². The number of anilines is 1. The molecule has 172 valence electrons. The van der Waals surface area contributed by atoms with Gasteiger partial charge < -0.3 is 19.9 Å². The zero-order valence-electron chi connectivity index (χ0n) is 18.2. The van der Waals surface area contributed by atoms with E-state index in [9.17, 15) is 4.79 Å². The van der Waals surface area contributed by atoms with Crippen LogP contribution < -0.4 is 10.2 Å². The number of halogens is 2. The maximum Gasteiger partial charge on any atom is 0.317 e. The van der Waals surface area contributed by atoms with E-state index in [1.807, 2.05) is 17.0 Å². The van der Waals surface area contributed by atoms with Gasteiger partial charge in [-0.3, -0.25) is 4.90 Å². The maximum atomic E-state index is 12.4. The Labute approximate surface area is 195 Å². The number of ether oxygens (including phenoxy) is 1. The fourth-order valence-electron chi connectivity index (χ4n) is 4.94. The number of amides is 2. The Bertz CT molecular complexity index is 728. The summed E-state index contributed by atoms with van der Waals surface area (Å²) < 4.78 is 5.33. The topological polar surface area (TPSA) is 48.1 Å². The van der Waals surface area contributed by atoms with Crippen LogP contribution in [0.2, 0.25) is 10.0 Å². The third-order valence-corrected chi connectivity index (χ3v) is 7.78. The van der Waals surface area contributed by atoms with Crippen LogP contribution >= 0.6 is 23.2 Å². The molecule has 3 aliphatic rings. The number of hydrogen-bond donors (Lipinski definition) is 1. The largest absolute Gasteiger partial charge is 0.378 e.